The van der Waals surface area contributed by atoms with Gasteiger partial charge >= 0.3 is 0 Å². The molecule has 2 heterocycles. The molecular weight excluding hydrogens is 357 g/mol. The maximum atomic E-state index is 12.1. The zero-order chi connectivity index (χ0) is 15.5. The molecule has 3 rings (SSSR count). The minimum atomic E-state index is -0.398. The molecule has 2 atom stereocenters. The van der Waals surface area contributed by atoms with E-state index in [1.807, 2.05) is 6.07 Å². The number of hydrogen-bond acceptors (Lipinski definition) is 4. The molecule has 0 bridgehead atoms. The molecule has 0 saturated carbocycles. The average Bonchev–Trinajstić information content (AvgIpc) is 2.49. The van der Waals surface area contributed by atoms with Crippen LogP contribution in [0.5, 0.6) is 0 Å². The standard InChI is InChI=1S/C15H18ClN3O2S.ClH/c16-9-3-4-12-11(6-9)19-15(21)13(22-12)7-14(20)18-10-2-1-5-17-8-10;/h3-4,6,10,13,17H,1-2,5,7-8H2,(H,18,20)(H,19,21);1H/t10-,13?;/m0./s1. The molecule has 3 N–H and O–H groups in total. The van der Waals surface area contributed by atoms with Crippen molar-refractivity contribution < 1.29 is 9.59 Å². The second kappa shape index (κ2) is 8.24. The Morgan fingerprint density at radius 1 is 1.43 bits per heavy atom. The molecule has 8 heteroatoms. The molecule has 1 unspecified atom stereocenters. The average molecular weight is 376 g/mol. The number of fused-ring (bicyclic) bond motifs is 1. The van der Waals surface area contributed by atoms with Crippen LogP contribution in [0.1, 0.15) is 19.3 Å². The van der Waals surface area contributed by atoms with Gasteiger partial charge in [-0.15, -0.1) is 24.2 Å². The molecular formula is C15H19Cl2N3O2S. The van der Waals surface area contributed by atoms with E-state index in [0.29, 0.717) is 5.02 Å². The van der Waals surface area contributed by atoms with Crippen LogP contribution in [0.15, 0.2) is 23.1 Å². The largest absolute Gasteiger partial charge is 0.352 e. The van der Waals surface area contributed by atoms with Crippen LogP contribution < -0.4 is 16.0 Å². The van der Waals surface area contributed by atoms with Gasteiger partial charge in [0.25, 0.3) is 0 Å². The van der Waals surface area contributed by atoms with Crippen molar-refractivity contribution in [3.8, 4) is 0 Å². The first-order chi connectivity index (χ1) is 10.6. The quantitative estimate of drug-likeness (QED) is 0.758. The SMILES string of the molecule is Cl.O=C(CC1Sc2ccc(Cl)cc2NC1=O)N[C@H]1CCCNC1. The predicted molar refractivity (Wildman–Crippen MR) is 95.6 cm³/mol. The van der Waals surface area contributed by atoms with E-state index in [1.54, 1.807) is 12.1 Å². The fourth-order valence-corrected chi connectivity index (χ4v) is 3.95. The highest BCUT2D eigenvalue weighted by Crippen LogP contribution is 2.38. The topological polar surface area (TPSA) is 70.2 Å². The Kier molecular flexibility index (Phi) is 6.59. The summed E-state index contributed by atoms with van der Waals surface area (Å²) in [4.78, 5) is 25.2. The van der Waals surface area contributed by atoms with Crippen LogP contribution in [-0.2, 0) is 9.59 Å². The van der Waals surface area contributed by atoms with E-state index in [4.69, 9.17) is 11.6 Å². The minimum absolute atomic E-state index is 0. The molecule has 23 heavy (non-hydrogen) atoms. The lowest BCUT2D eigenvalue weighted by Gasteiger charge is -2.26. The zero-order valence-electron chi connectivity index (χ0n) is 12.4. The molecule has 0 spiro atoms. The minimum Gasteiger partial charge on any atom is -0.352 e. The molecule has 2 aliphatic heterocycles. The zero-order valence-corrected chi connectivity index (χ0v) is 14.8. The normalized spacial score (nSPS) is 23.3. The summed E-state index contributed by atoms with van der Waals surface area (Å²) in [6.45, 7) is 1.81. The molecule has 1 aromatic carbocycles. The van der Waals surface area contributed by atoms with Gasteiger partial charge in [0, 0.05) is 28.9 Å². The molecule has 0 aliphatic carbocycles. The van der Waals surface area contributed by atoms with Crippen molar-refractivity contribution in [3.05, 3.63) is 23.2 Å². The van der Waals surface area contributed by atoms with Crippen molar-refractivity contribution in [2.24, 2.45) is 0 Å². The van der Waals surface area contributed by atoms with Crippen LogP contribution >= 0.6 is 35.8 Å². The van der Waals surface area contributed by atoms with E-state index in [9.17, 15) is 9.59 Å². The van der Waals surface area contributed by atoms with Gasteiger partial charge in [-0.1, -0.05) is 11.6 Å². The lowest BCUT2D eigenvalue weighted by atomic mass is 10.1. The second-order valence-corrected chi connectivity index (χ2v) is 7.23. The highest BCUT2D eigenvalue weighted by atomic mass is 35.5. The van der Waals surface area contributed by atoms with Crippen molar-refractivity contribution in [1.82, 2.24) is 10.6 Å². The van der Waals surface area contributed by atoms with Crippen molar-refractivity contribution in [2.75, 3.05) is 18.4 Å². The summed E-state index contributed by atoms with van der Waals surface area (Å²) in [5.74, 6) is -0.213. The van der Waals surface area contributed by atoms with E-state index >= 15 is 0 Å². The Morgan fingerprint density at radius 3 is 3.00 bits per heavy atom. The Labute approximate surface area is 150 Å². The van der Waals surface area contributed by atoms with Crippen LogP contribution in [0.4, 0.5) is 5.69 Å². The van der Waals surface area contributed by atoms with Gasteiger partial charge in [0.1, 0.15) is 0 Å². The molecule has 0 radical (unpaired) electrons. The third-order valence-corrected chi connectivity index (χ3v) is 5.30. The van der Waals surface area contributed by atoms with E-state index < -0.39 is 5.25 Å². The van der Waals surface area contributed by atoms with Crippen molar-refractivity contribution >= 4 is 53.3 Å². The number of thioether (sulfide) groups is 1. The maximum Gasteiger partial charge on any atom is 0.238 e. The van der Waals surface area contributed by atoms with Crippen molar-refractivity contribution in [1.29, 1.82) is 0 Å². The highest BCUT2D eigenvalue weighted by Gasteiger charge is 2.29. The summed E-state index contributed by atoms with van der Waals surface area (Å²) in [6, 6.07) is 5.56. The summed E-state index contributed by atoms with van der Waals surface area (Å²) in [6.07, 6.45) is 2.25. The smallest absolute Gasteiger partial charge is 0.238 e. The van der Waals surface area contributed by atoms with Crippen LogP contribution in [-0.4, -0.2) is 36.2 Å². The van der Waals surface area contributed by atoms with Crippen LogP contribution in [0.3, 0.4) is 0 Å². The number of halogens is 2. The van der Waals surface area contributed by atoms with Crippen molar-refractivity contribution in [3.63, 3.8) is 0 Å². The number of benzene rings is 1. The van der Waals surface area contributed by atoms with Crippen LogP contribution in [0.25, 0.3) is 0 Å². The van der Waals surface area contributed by atoms with Gasteiger partial charge in [0.15, 0.2) is 0 Å². The molecule has 126 valence electrons. The fraction of sp³-hybridized carbons (Fsp3) is 0.467. The summed E-state index contributed by atoms with van der Waals surface area (Å²) >= 11 is 7.34. The molecule has 1 aromatic rings. The van der Waals surface area contributed by atoms with Gasteiger partial charge < -0.3 is 16.0 Å². The number of amides is 2. The Balaban J connectivity index is 0.00000192. The van der Waals surface area contributed by atoms with Gasteiger partial charge in [-0.3, -0.25) is 9.59 Å². The van der Waals surface area contributed by atoms with E-state index in [2.05, 4.69) is 16.0 Å². The predicted octanol–water partition coefficient (Wildman–Crippen LogP) is 2.43. The van der Waals surface area contributed by atoms with Gasteiger partial charge in [-0.05, 0) is 37.6 Å². The number of nitrogens with one attached hydrogen (secondary N) is 3. The Hall–Kier alpha value is -0.950. The van der Waals surface area contributed by atoms with Crippen molar-refractivity contribution in [2.45, 2.75) is 35.4 Å². The highest BCUT2D eigenvalue weighted by molar-refractivity contribution is 8.01. The first-order valence-electron chi connectivity index (χ1n) is 7.39. The number of anilines is 1. The monoisotopic (exact) mass is 375 g/mol. The third-order valence-electron chi connectivity index (χ3n) is 3.79. The first kappa shape index (κ1) is 18.4. The molecule has 1 fully saturated rings. The number of carbonyl (C=O) groups excluding carboxylic acids is 2. The van der Waals surface area contributed by atoms with Gasteiger partial charge in [0.2, 0.25) is 11.8 Å². The molecule has 1 saturated heterocycles. The second-order valence-electron chi connectivity index (χ2n) is 5.55. The van der Waals surface area contributed by atoms with Crippen LogP contribution in [0.2, 0.25) is 5.02 Å². The molecule has 2 amide bonds. The van der Waals surface area contributed by atoms with E-state index in [0.717, 1.165) is 36.5 Å². The number of carbonyl (C=O) groups is 2. The van der Waals surface area contributed by atoms with Gasteiger partial charge in [0.05, 0.1) is 10.9 Å². The summed E-state index contributed by atoms with van der Waals surface area (Å²) in [5, 5.41) is 9.27. The summed E-state index contributed by atoms with van der Waals surface area (Å²) in [5.41, 5.74) is 0.718. The molecule has 0 aromatic heterocycles. The van der Waals surface area contributed by atoms with Gasteiger partial charge in [-0.25, -0.2) is 0 Å². The Morgan fingerprint density at radius 2 is 2.26 bits per heavy atom. The van der Waals surface area contributed by atoms with Gasteiger partial charge in [-0.2, -0.15) is 0 Å². The molecule has 2 aliphatic rings. The first-order valence-corrected chi connectivity index (χ1v) is 8.65. The summed E-state index contributed by atoms with van der Waals surface area (Å²) in [7, 11) is 0. The van der Waals surface area contributed by atoms with E-state index in [-0.39, 0.29) is 36.7 Å². The lowest BCUT2D eigenvalue weighted by molar-refractivity contribution is -0.124. The van der Waals surface area contributed by atoms with Crippen LogP contribution in [0, 0.1) is 0 Å². The maximum absolute atomic E-state index is 12.1. The third kappa shape index (κ3) is 4.76. The number of piperidine rings is 1. The van der Waals surface area contributed by atoms with E-state index in [1.165, 1.54) is 11.8 Å². The number of hydrogen-bond donors (Lipinski definition) is 3. The fourth-order valence-electron chi connectivity index (χ4n) is 2.69. The number of rotatable bonds is 3. The Bertz CT molecular complexity index is 594. The lowest BCUT2D eigenvalue weighted by Crippen LogP contribution is -2.46. The summed E-state index contributed by atoms with van der Waals surface area (Å²) < 4.78 is 0. The molecule has 5 nitrogen and oxygen atoms in total.